The zero-order chi connectivity index (χ0) is 10.7. The highest BCUT2D eigenvalue weighted by atomic mass is 15.4. The monoisotopic (exact) mass is 204 g/mol. The van der Waals surface area contributed by atoms with E-state index in [1.54, 1.807) is 18.6 Å². The first-order valence-electron chi connectivity index (χ1n) is 4.77. The van der Waals surface area contributed by atoms with Gasteiger partial charge < -0.3 is 5.73 Å². The quantitative estimate of drug-likeness (QED) is 0.796. The molecule has 0 saturated carbocycles. The third kappa shape index (κ3) is 1.93. The lowest BCUT2D eigenvalue weighted by molar-refractivity contribution is 0.584. The molecule has 0 radical (unpaired) electrons. The zero-order valence-electron chi connectivity index (χ0n) is 8.46. The highest BCUT2D eigenvalue weighted by Crippen LogP contribution is 2.16. The third-order valence-corrected chi connectivity index (χ3v) is 2.02. The highest BCUT2D eigenvalue weighted by molar-refractivity contribution is 5.56. The molecule has 15 heavy (non-hydrogen) atoms. The summed E-state index contributed by atoms with van der Waals surface area (Å²) in [5.41, 5.74) is 7.21. The molecule has 0 aliphatic carbocycles. The number of hydrogen-bond acceptors (Lipinski definition) is 5. The fourth-order valence-electron chi connectivity index (χ4n) is 1.33. The van der Waals surface area contributed by atoms with Gasteiger partial charge in [0, 0.05) is 24.5 Å². The minimum absolute atomic E-state index is 0.272. The lowest BCUT2D eigenvalue weighted by atomic mass is 10.2. The molecule has 6 nitrogen and oxygen atoms in total. The number of nitrogen functional groups attached to an aromatic ring is 1. The highest BCUT2D eigenvalue weighted by Gasteiger charge is 2.06. The normalized spacial score (nSPS) is 10.5. The second-order valence-electron chi connectivity index (χ2n) is 3.17. The molecule has 2 aromatic heterocycles. The molecule has 6 heteroatoms. The first-order chi connectivity index (χ1) is 7.31. The molecule has 0 aromatic carbocycles. The van der Waals surface area contributed by atoms with Gasteiger partial charge in [-0.1, -0.05) is 12.1 Å². The van der Waals surface area contributed by atoms with Gasteiger partial charge in [0.15, 0.2) is 0 Å². The predicted octanol–water partition coefficient (Wildman–Crippen LogP) is 0.727. The van der Waals surface area contributed by atoms with Crippen LogP contribution in [0.5, 0.6) is 0 Å². The Labute approximate surface area is 87.2 Å². The number of nitrogens with two attached hydrogens (primary N) is 1. The van der Waals surface area contributed by atoms with Crippen LogP contribution >= 0.6 is 0 Å². The van der Waals surface area contributed by atoms with Crippen LogP contribution in [0.15, 0.2) is 18.6 Å². The summed E-state index contributed by atoms with van der Waals surface area (Å²) < 4.78 is 1.83. The zero-order valence-corrected chi connectivity index (χ0v) is 8.46. The van der Waals surface area contributed by atoms with Crippen LogP contribution < -0.4 is 5.73 Å². The van der Waals surface area contributed by atoms with Crippen molar-refractivity contribution >= 4 is 5.95 Å². The number of aryl methyl sites for hydroxylation is 1. The summed E-state index contributed by atoms with van der Waals surface area (Å²) in [7, 11) is 0. The summed E-state index contributed by atoms with van der Waals surface area (Å²) in [5, 5.41) is 7.85. The Bertz CT molecular complexity index is 432. The average molecular weight is 204 g/mol. The van der Waals surface area contributed by atoms with Crippen molar-refractivity contribution in [1.29, 1.82) is 0 Å². The second-order valence-corrected chi connectivity index (χ2v) is 3.17. The lowest BCUT2D eigenvalue weighted by Gasteiger charge is -2.03. The van der Waals surface area contributed by atoms with E-state index >= 15 is 0 Å². The minimum atomic E-state index is 0.272. The molecule has 2 rings (SSSR count). The van der Waals surface area contributed by atoms with Crippen molar-refractivity contribution in [1.82, 2.24) is 25.0 Å². The molecule has 0 aliphatic heterocycles. The van der Waals surface area contributed by atoms with E-state index in [1.807, 2.05) is 4.68 Å². The summed E-state index contributed by atoms with van der Waals surface area (Å²) in [5.74, 6) is 0.272. The van der Waals surface area contributed by atoms with Crippen LogP contribution in [0.3, 0.4) is 0 Å². The average Bonchev–Trinajstić information content (AvgIpc) is 2.68. The van der Waals surface area contributed by atoms with Gasteiger partial charge in [0.05, 0.1) is 11.9 Å². The van der Waals surface area contributed by atoms with E-state index in [-0.39, 0.29) is 5.95 Å². The molecule has 0 aliphatic rings. The van der Waals surface area contributed by atoms with Gasteiger partial charge in [-0.3, -0.25) is 0 Å². The molecule has 0 fully saturated rings. The molecule has 0 atom stereocenters. The van der Waals surface area contributed by atoms with Gasteiger partial charge in [0.2, 0.25) is 5.95 Å². The van der Waals surface area contributed by atoms with Crippen molar-refractivity contribution in [3.63, 3.8) is 0 Å². The molecule has 2 N–H and O–H groups in total. The van der Waals surface area contributed by atoms with Gasteiger partial charge >= 0.3 is 0 Å². The smallest absolute Gasteiger partial charge is 0.219 e. The van der Waals surface area contributed by atoms with Crippen LogP contribution in [0.1, 0.15) is 13.3 Å². The standard InChI is InChI=1S/C9H12N6/c1-2-3-15-8(6-13-14-15)7-4-11-9(10)12-5-7/h4-6H,2-3H2,1H3,(H2,10,11,12). The Morgan fingerprint density at radius 2 is 2.00 bits per heavy atom. The van der Waals surface area contributed by atoms with Crippen molar-refractivity contribution in [2.24, 2.45) is 0 Å². The fraction of sp³-hybridized carbons (Fsp3) is 0.333. The van der Waals surface area contributed by atoms with Gasteiger partial charge in [-0.25, -0.2) is 14.6 Å². The van der Waals surface area contributed by atoms with Crippen LogP contribution in [0.25, 0.3) is 11.3 Å². The van der Waals surface area contributed by atoms with Gasteiger partial charge in [-0.05, 0) is 6.42 Å². The molecule has 78 valence electrons. The van der Waals surface area contributed by atoms with Crippen molar-refractivity contribution in [2.45, 2.75) is 19.9 Å². The maximum atomic E-state index is 5.42. The molecule has 0 unspecified atom stereocenters. The first-order valence-corrected chi connectivity index (χ1v) is 4.77. The predicted molar refractivity (Wildman–Crippen MR) is 55.8 cm³/mol. The van der Waals surface area contributed by atoms with Gasteiger partial charge in [0.25, 0.3) is 0 Å². The van der Waals surface area contributed by atoms with Crippen molar-refractivity contribution < 1.29 is 0 Å². The van der Waals surface area contributed by atoms with Crippen LogP contribution in [0, 0.1) is 0 Å². The van der Waals surface area contributed by atoms with Gasteiger partial charge in [-0.2, -0.15) is 0 Å². The third-order valence-electron chi connectivity index (χ3n) is 2.02. The number of hydrogen-bond donors (Lipinski definition) is 1. The topological polar surface area (TPSA) is 82.5 Å². The summed E-state index contributed by atoms with van der Waals surface area (Å²) >= 11 is 0. The molecule has 0 bridgehead atoms. The Hall–Kier alpha value is -1.98. The van der Waals surface area contributed by atoms with Crippen LogP contribution in [0.4, 0.5) is 5.95 Å². The number of rotatable bonds is 3. The Morgan fingerprint density at radius 3 is 2.67 bits per heavy atom. The minimum Gasteiger partial charge on any atom is -0.368 e. The summed E-state index contributed by atoms with van der Waals surface area (Å²) in [6.07, 6.45) is 6.05. The van der Waals surface area contributed by atoms with E-state index < -0.39 is 0 Å². The van der Waals surface area contributed by atoms with E-state index in [0.717, 1.165) is 24.2 Å². The van der Waals surface area contributed by atoms with Crippen LogP contribution in [-0.2, 0) is 6.54 Å². The number of aromatic nitrogens is 5. The Kier molecular flexibility index (Phi) is 2.57. The van der Waals surface area contributed by atoms with E-state index in [2.05, 4.69) is 27.2 Å². The molecule has 2 heterocycles. The molecular weight excluding hydrogens is 192 g/mol. The van der Waals surface area contributed by atoms with Crippen molar-refractivity contribution in [2.75, 3.05) is 5.73 Å². The van der Waals surface area contributed by atoms with E-state index in [1.165, 1.54) is 0 Å². The largest absolute Gasteiger partial charge is 0.368 e. The second kappa shape index (κ2) is 4.04. The van der Waals surface area contributed by atoms with Crippen molar-refractivity contribution in [3.8, 4) is 11.3 Å². The molecule has 0 amide bonds. The van der Waals surface area contributed by atoms with E-state index in [9.17, 15) is 0 Å². The lowest BCUT2D eigenvalue weighted by Crippen LogP contribution is -2.02. The van der Waals surface area contributed by atoms with Crippen LogP contribution in [0.2, 0.25) is 0 Å². The van der Waals surface area contributed by atoms with Gasteiger partial charge in [0.1, 0.15) is 0 Å². The maximum Gasteiger partial charge on any atom is 0.219 e. The molecule has 0 saturated heterocycles. The SMILES string of the molecule is CCCn1nncc1-c1cnc(N)nc1. The summed E-state index contributed by atoms with van der Waals surface area (Å²) in [6, 6.07) is 0. The Morgan fingerprint density at radius 1 is 1.27 bits per heavy atom. The first kappa shape index (κ1) is 9.57. The van der Waals surface area contributed by atoms with Crippen LogP contribution in [-0.4, -0.2) is 25.0 Å². The summed E-state index contributed by atoms with van der Waals surface area (Å²) in [6.45, 7) is 2.92. The molecule has 2 aromatic rings. The number of anilines is 1. The van der Waals surface area contributed by atoms with E-state index in [4.69, 9.17) is 5.73 Å². The number of nitrogens with zero attached hydrogens (tertiary/aromatic N) is 5. The van der Waals surface area contributed by atoms with Crippen molar-refractivity contribution in [3.05, 3.63) is 18.6 Å². The molecule has 0 spiro atoms. The maximum absolute atomic E-state index is 5.42. The molecular formula is C9H12N6. The van der Waals surface area contributed by atoms with Gasteiger partial charge in [-0.15, -0.1) is 5.10 Å². The van der Waals surface area contributed by atoms with E-state index in [0.29, 0.717) is 0 Å². The summed E-state index contributed by atoms with van der Waals surface area (Å²) in [4.78, 5) is 7.87. The fourth-order valence-corrected chi connectivity index (χ4v) is 1.33. The Balaban J connectivity index is 2.36.